The van der Waals surface area contributed by atoms with Crippen molar-refractivity contribution in [3.63, 3.8) is 0 Å². The van der Waals surface area contributed by atoms with Crippen LogP contribution in [0.1, 0.15) is 33.1 Å². The fraction of sp³-hybridized carbons (Fsp3) is 0.818. The van der Waals surface area contributed by atoms with E-state index in [1.54, 1.807) is 0 Å². The highest BCUT2D eigenvalue weighted by molar-refractivity contribution is 5.79. The molecule has 1 amide bonds. The van der Waals surface area contributed by atoms with Crippen molar-refractivity contribution in [2.24, 2.45) is 5.92 Å². The fourth-order valence-electron chi connectivity index (χ4n) is 1.50. The zero-order chi connectivity index (χ0) is 11.4. The average molecular weight is 213 g/mol. The van der Waals surface area contributed by atoms with Gasteiger partial charge in [0.1, 0.15) is 0 Å². The molecule has 0 bridgehead atoms. The van der Waals surface area contributed by atoms with Crippen LogP contribution in [-0.4, -0.2) is 36.5 Å². The number of hydrogen-bond donors (Lipinski definition) is 0. The molecular weight excluding hydrogens is 194 g/mol. The van der Waals surface area contributed by atoms with E-state index in [2.05, 4.69) is 4.74 Å². The number of ether oxygens (including phenoxy) is 1. The van der Waals surface area contributed by atoms with Crippen molar-refractivity contribution in [2.45, 2.75) is 39.2 Å². The fourth-order valence-corrected chi connectivity index (χ4v) is 1.50. The summed E-state index contributed by atoms with van der Waals surface area (Å²) in [6.45, 7) is 4.26. The van der Waals surface area contributed by atoms with E-state index in [0.29, 0.717) is 19.0 Å². The largest absolute Gasteiger partial charge is 0.469 e. The molecule has 0 aliphatic heterocycles. The second-order valence-electron chi connectivity index (χ2n) is 4.24. The first-order chi connectivity index (χ1) is 7.06. The maximum atomic E-state index is 11.8. The third kappa shape index (κ3) is 3.53. The summed E-state index contributed by atoms with van der Waals surface area (Å²) < 4.78 is 4.56. The van der Waals surface area contributed by atoms with Gasteiger partial charge in [-0.25, -0.2) is 0 Å². The van der Waals surface area contributed by atoms with E-state index in [1.807, 2.05) is 18.7 Å². The lowest BCUT2D eigenvalue weighted by molar-refractivity contribution is -0.142. The predicted molar refractivity (Wildman–Crippen MR) is 56.2 cm³/mol. The van der Waals surface area contributed by atoms with Gasteiger partial charge >= 0.3 is 5.97 Å². The van der Waals surface area contributed by atoms with Gasteiger partial charge in [-0.2, -0.15) is 0 Å². The van der Waals surface area contributed by atoms with Crippen molar-refractivity contribution in [3.05, 3.63) is 0 Å². The summed E-state index contributed by atoms with van der Waals surface area (Å²) in [5.74, 6) is -0.109. The van der Waals surface area contributed by atoms with Gasteiger partial charge in [0.05, 0.1) is 13.5 Å². The molecule has 1 rings (SSSR count). The molecule has 1 aliphatic carbocycles. The highest BCUT2D eigenvalue weighted by Gasteiger charge is 2.33. The van der Waals surface area contributed by atoms with Crippen LogP contribution in [0.2, 0.25) is 0 Å². The van der Waals surface area contributed by atoms with Crippen LogP contribution in [0.25, 0.3) is 0 Å². The second kappa shape index (κ2) is 5.14. The lowest BCUT2D eigenvalue weighted by Crippen LogP contribution is -2.37. The molecule has 86 valence electrons. The molecule has 0 heterocycles. The number of methoxy groups -OCH3 is 1. The number of esters is 1. The van der Waals surface area contributed by atoms with Gasteiger partial charge in [-0.15, -0.1) is 0 Å². The molecule has 0 N–H and O–H groups in total. The Morgan fingerprint density at radius 2 is 2.00 bits per heavy atom. The van der Waals surface area contributed by atoms with Crippen LogP contribution in [0.15, 0.2) is 0 Å². The third-order valence-corrected chi connectivity index (χ3v) is 2.55. The number of rotatable bonds is 5. The molecule has 0 saturated heterocycles. The van der Waals surface area contributed by atoms with Gasteiger partial charge in [-0.1, -0.05) is 13.8 Å². The lowest BCUT2D eigenvalue weighted by atomic mass is 10.2. The minimum Gasteiger partial charge on any atom is -0.469 e. The number of carbonyl (C=O) groups is 2. The van der Waals surface area contributed by atoms with E-state index in [4.69, 9.17) is 0 Å². The molecule has 0 aromatic carbocycles. The first-order valence-corrected chi connectivity index (χ1v) is 5.43. The summed E-state index contributed by atoms with van der Waals surface area (Å²) in [6, 6.07) is 0.365. The zero-order valence-corrected chi connectivity index (χ0v) is 9.66. The third-order valence-electron chi connectivity index (χ3n) is 2.55. The Hall–Kier alpha value is -1.06. The van der Waals surface area contributed by atoms with Gasteiger partial charge in [-0.3, -0.25) is 9.59 Å². The summed E-state index contributed by atoms with van der Waals surface area (Å²) in [4.78, 5) is 24.6. The topological polar surface area (TPSA) is 46.6 Å². The van der Waals surface area contributed by atoms with Crippen molar-refractivity contribution < 1.29 is 14.3 Å². The maximum Gasteiger partial charge on any atom is 0.307 e. The van der Waals surface area contributed by atoms with E-state index in [9.17, 15) is 9.59 Å². The van der Waals surface area contributed by atoms with Gasteiger partial charge in [-0.05, 0) is 12.8 Å². The number of amides is 1. The summed E-state index contributed by atoms with van der Waals surface area (Å²) in [6.07, 6.45) is 2.44. The monoisotopic (exact) mass is 213 g/mol. The molecule has 4 nitrogen and oxygen atoms in total. The Morgan fingerprint density at radius 3 is 2.40 bits per heavy atom. The van der Waals surface area contributed by atoms with E-state index in [0.717, 1.165) is 12.8 Å². The molecule has 0 spiro atoms. The first kappa shape index (κ1) is 12.0. The molecule has 1 fully saturated rings. The van der Waals surface area contributed by atoms with Crippen molar-refractivity contribution in [1.29, 1.82) is 0 Å². The van der Waals surface area contributed by atoms with Crippen LogP contribution in [0.5, 0.6) is 0 Å². The van der Waals surface area contributed by atoms with Crippen molar-refractivity contribution in [3.8, 4) is 0 Å². The van der Waals surface area contributed by atoms with Crippen LogP contribution >= 0.6 is 0 Å². The quantitative estimate of drug-likeness (QED) is 0.645. The van der Waals surface area contributed by atoms with E-state index >= 15 is 0 Å². The van der Waals surface area contributed by atoms with Gasteiger partial charge in [0, 0.05) is 18.5 Å². The molecule has 0 radical (unpaired) electrons. The van der Waals surface area contributed by atoms with Crippen LogP contribution in [0.3, 0.4) is 0 Å². The van der Waals surface area contributed by atoms with Crippen molar-refractivity contribution in [2.75, 3.05) is 13.7 Å². The van der Waals surface area contributed by atoms with Gasteiger partial charge in [0.15, 0.2) is 0 Å². The highest BCUT2D eigenvalue weighted by atomic mass is 16.5. The normalized spacial score (nSPS) is 15.2. The van der Waals surface area contributed by atoms with Gasteiger partial charge in [0.25, 0.3) is 0 Å². The van der Waals surface area contributed by atoms with E-state index in [1.165, 1.54) is 7.11 Å². The summed E-state index contributed by atoms with van der Waals surface area (Å²) in [5, 5.41) is 0. The molecule has 1 saturated carbocycles. The maximum absolute atomic E-state index is 11.8. The molecule has 0 unspecified atom stereocenters. The molecule has 0 aromatic heterocycles. The lowest BCUT2D eigenvalue weighted by Gasteiger charge is -2.23. The van der Waals surface area contributed by atoms with Crippen LogP contribution in [0, 0.1) is 5.92 Å². The first-order valence-electron chi connectivity index (χ1n) is 5.43. The van der Waals surface area contributed by atoms with Gasteiger partial charge in [0.2, 0.25) is 5.91 Å². The Morgan fingerprint density at radius 1 is 1.40 bits per heavy atom. The molecule has 15 heavy (non-hydrogen) atoms. The number of nitrogens with zero attached hydrogens (tertiary/aromatic N) is 1. The van der Waals surface area contributed by atoms with Crippen molar-refractivity contribution in [1.82, 2.24) is 4.90 Å². The molecule has 4 heteroatoms. The van der Waals surface area contributed by atoms with Gasteiger partial charge < -0.3 is 9.64 Å². The Balaban J connectivity index is 2.44. The Labute approximate surface area is 90.6 Å². The van der Waals surface area contributed by atoms with E-state index in [-0.39, 0.29) is 17.8 Å². The predicted octanol–water partition coefficient (Wildman–Crippen LogP) is 1.20. The Kier molecular flexibility index (Phi) is 4.12. The smallest absolute Gasteiger partial charge is 0.307 e. The van der Waals surface area contributed by atoms with Crippen molar-refractivity contribution >= 4 is 11.9 Å². The van der Waals surface area contributed by atoms with E-state index < -0.39 is 0 Å². The Bertz CT molecular complexity index is 246. The number of hydrogen-bond acceptors (Lipinski definition) is 3. The molecule has 0 atom stereocenters. The molecule has 1 aliphatic rings. The number of carbonyl (C=O) groups excluding carboxylic acids is 2. The zero-order valence-electron chi connectivity index (χ0n) is 9.66. The summed E-state index contributed by atoms with van der Waals surface area (Å²) >= 11 is 0. The summed E-state index contributed by atoms with van der Waals surface area (Å²) in [7, 11) is 1.37. The van der Waals surface area contributed by atoms with Crippen LogP contribution in [-0.2, 0) is 14.3 Å². The average Bonchev–Trinajstić information content (AvgIpc) is 3.01. The molecule has 0 aromatic rings. The van der Waals surface area contributed by atoms with Crippen LogP contribution < -0.4 is 0 Å². The SMILES string of the molecule is COC(=O)CCN(C(=O)C(C)C)C1CC1. The second-order valence-corrected chi connectivity index (χ2v) is 4.24. The minimum atomic E-state index is -0.253. The summed E-state index contributed by atoms with van der Waals surface area (Å²) in [5.41, 5.74) is 0. The standard InChI is InChI=1S/C11H19NO3/c1-8(2)11(14)12(9-4-5-9)7-6-10(13)15-3/h8-9H,4-7H2,1-3H3. The highest BCUT2D eigenvalue weighted by Crippen LogP contribution is 2.28. The van der Waals surface area contributed by atoms with Crippen LogP contribution in [0.4, 0.5) is 0 Å². The minimum absolute atomic E-state index is 0.00301. The molecular formula is C11H19NO3.